The molecule has 3 heterocycles. The number of aromatic nitrogens is 2. The van der Waals surface area contributed by atoms with E-state index in [0.29, 0.717) is 18.9 Å². The molecule has 0 aliphatic carbocycles. The summed E-state index contributed by atoms with van der Waals surface area (Å²) in [7, 11) is 0. The molecule has 8 heteroatoms. The Bertz CT molecular complexity index is 969. The summed E-state index contributed by atoms with van der Waals surface area (Å²) in [4.78, 5) is 22.3. The number of allylic oxidation sites excluding steroid dienone is 1. The standard InChI is InChI=1S/C25H37N7O/c1-5-28-10-14-30(15-11-28)23-18-21(4)6-7-22(23)19-29-12-16-31(17-13-29)25(33)32-9-8-24(27-32)26-20(2)3/h6-9,18H,2,5,10-17,19H2,1,3-4H3,(H,26,27). The van der Waals surface area contributed by atoms with Gasteiger partial charge in [0, 0.05) is 82.6 Å². The van der Waals surface area contributed by atoms with Crippen molar-refractivity contribution < 1.29 is 4.79 Å². The highest BCUT2D eigenvalue weighted by atomic mass is 16.2. The molecule has 0 radical (unpaired) electrons. The molecule has 0 bridgehead atoms. The smallest absolute Gasteiger partial charge is 0.344 e. The lowest BCUT2D eigenvalue weighted by Crippen LogP contribution is -2.50. The van der Waals surface area contributed by atoms with Gasteiger partial charge in [-0.1, -0.05) is 25.6 Å². The molecule has 0 saturated carbocycles. The normalized spacial score (nSPS) is 17.9. The minimum absolute atomic E-state index is 0.0748. The Hall–Kier alpha value is -2.84. The second-order valence-corrected chi connectivity index (χ2v) is 9.15. The lowest BCUT2D eigenvalue weighted by Gasteiger charge is -2.38. The van der Waals surface area contributed by atoms with Crippen LogP contribution in [0.4, 0.5) is 16.3 Å². The average molecular weight is 452 g/mol. The minimum atomic E-state index is -0.0748. The van der Waals surface area contributed by atoms with E-state index < -0.39 is 0 Å². The van der Waals surface area contributed by atoms with Crippen molar-refractivity contribution in [3.05, 3.63) is 53.9 Å². The van der Waals surface area contributed by atoms with E-state index in [1.54, 1.807) is 12.3 Å². The fourth-order valence-corrected chi connectivity index (χ4v) is 4.61. The first kappa shape index (κ1) is 23.3. The first-order valence-corrected chi connectivity index (χ1v) is 12.0. The third-order valence-corrected chi connectivity index (χ3v) is 6.56. The highest BCUT2D eigenvalue weighted by molar-refractivity contribution is 5.76. The Morgan fingerprint density at radius 1 is 1.03 bits per heavy atom. The van der Waals surface area contributed by atoms with Crippen LogP contribution in [-0.2, 0) is 6.54 Å². The molecule has 0 spiro atoms. The summed E-state index contributed by atoms with van der Waals surface area (Å²) < 4.78 is 1.41. The summed E-state index contributed by atoms with van der Waals surface area (Å²) in [6, 6.07) is 8.56. The molecule has 33 heavy (non-hydrogen) atoms. The first-order chi connectivity index (χ1) is 15.9. The van der Waals surface area contributed by atoms with E-state index >= 15 is 0 Å². The number of aryl methyl sites for hydroxylation is 1. The number of anilines is 2. The van der Waals surface area contributed by atoms with Crippen LogP contribution >= 0.6 is 0 Å². The van der Waals surface area contributed by atoms with Crippen LogP contribution in [0.1, 0.15) is 25.0 Å². The van der Waals surface area contributed by atoms with Gasteiger partial charge in [-0.25, -0.2) is 4.79 Å². The number of likely N-dealkylation sites (N-methyl/N-ethyl adjacent to an activating group) is 1. The second-order valence-electron chi connectivity index (χ2n) is 9.15. The monoisotopic (exact) mass is 451 g/mol. The third kappa shape index (κ3) is 5.75. The molecule has 178 valence electrons. The Kier molecular flexibility index (Phi) is 7.35. The van der Waals surface area contributed by atoms with Crippen LogP contribution in [0.2, 0.25) is 0 Å². The summed E-state index contributed by atoms with van der Waals surface area (Å²) in [5, 5.41) is 7.37. The summed E-state index contributed by atoms with van der Waals surface area (Å²) in [6.45, 7) is 19.7. The highest BCUT2D eigenvalue weighted by Gasteiger charge is 2.25. The molecule has 2 saturated heterocycles. The van der Waals surface area contributed by atoms with Gasteiger partial charge in [0.25, 0.3) is 0 Å². The van der Waals surface area contributed by atoms with Gasteiger partial charge in [0.1, 0.15) is 0 Å². The van der Waals surface area contributed by atoms with Gasteiger partial charge in [0.05, 0.1) is 0 Å². The Morgan fingerprint density at radius 2 is 1.73 bits per heavy atom. The van der Waals surface area contributed by atoms with Crippen LogP contribution in [0, 0.1) is 6.92 Å². The molecule has 2 aromatic rings. The van der Waals surface area contributed by atoms with Gasteiger partial charge in [0.15, 0.2) is 5.82 Å². The van der Waals surface area contributed by atoms with Gasteiger partial charge in [-0.05, 0) is 37.6 Å². The maximum Gasteiger partial charge on any atom is 0.344 e. The van der Waals surface area contributed by atoms with Crippen molar-refractivity contribution in [1.29, 1.82) is 0 Å². The molecule has 1 N–H and O–H groups in total. The van der Waals surface area contributed by atoms with Crippen molar-refractivity contribution in [2.45, 2.75) is 27.3 Å². The number of nitrogens with one attached hydrogen (secondary N) is 1. The van der Waals surface area contributed by atoms with Crippen molar-refractivity contribution in [2.24, 2.45) is 0 Å². The maximum absolute atomic E-state index is 12.9. The van der Waals surface area contributed by atoms with E-state index in [1.165, 1.54) is 21.5 Å². The Labute approximate surface area is 197 Å². The van der Waals surface area contributed by atoms with Crippen LogP contribution in [0.15, 0.2) is 42.7 Å². The number of rotatable bonds is 6. The molecule has 4 rings (SSSR count). The molecular weight excluding hydrogens is 414 g/mol. The van der Waals surface area contributed by atoms with E-state index in [-0.39, 0.29) is 6.03 Å². The van der Waals surface area contributed by atoms with E-state index in [1.807, 2.05) is 11.8 Å². The minimum Gasteiger partial charge on any atom is -0.369 e. The number of hydrogen-bond donors (Lipinski definition) is 1. The van der Waals surface area contributed by atoms with E-state index in [9.17, 15) is 4.79 Å². The van der Waals surface area contributed by atoms with E-state index in [4.69, 9.17) is 0 Å². The average Bonchev–Trinajstić information content (AvgIpc) is 3.28. The largest absolute Gasteiger partial charge is 0.369 e. The first-order valence-electron chi connectivity index (χ1n) is 12.0. The molecule has 0 atom stereocenters. The molecule has 1 aromatic heterocycles. The van der Waals surface area contributed by atoms with Gasteiger partial charge >= 0.3 is 6.03 Å². The number of hydrogen-bond acceptors (Lipinski definition) is 6. The van der Waals surface area contributed by atoms with Crippen LogP contribution in [-0.4, -0.2) is 89.4 Å². The summed E-state index contributed by atoms with van der Waals surface area (Å²) in [6.07, 6.45) is 1.71. The zero-order chi connectivity index (χ0) is 23.4. The number of carbonyl (C=O) groups excluding carboxylic acids is 1. The predicted octanol–water partition coefficient (Wildman–Crippen LogP) is 3.06. The predicted molar refractivity (Wildman–Crippen MR) is 134 cm³/mol. The van der Waals surface area contributed by atoms with Gasteiger partial charge in [-0.3, -0.25) is 4.90 Å². The molecule has 8 nitrogen and oxygen atoms in total. The molecule has 1 amide bonds. The molecular formula is C25H37N7O. The second kappa shape index (κ2) is 10.4. The van der Waals surface area contributed by atoms with Crippen molar-refractivity contribution in [3.63, 3.8) is 0 Å². The van der Waals surface area contributed by atoms with Crippen molar-refractivity contribution in [2.75, 3.05) is 69.1 Å². The van der Waals surface area contributed by atoms with Gasteiger partial charge < -0.3 is 20.0 Å². The lowest BCUT2D eigenvalue weighted by molar-refractivity contribution is 0.134. The SMILES string of the molecule is C=C(C)Nc1ccn(C(=O)N2CCN(Cc3ccc(C)cc3N3CCN(CC)CC3)CC2)n1. The molecule has 2 fully saturated rings. The Balaban J connectivity index is 1.35. The summed E-state index contributed by atoms with van der Waals surface area (Å²) in [5.74, 6) is 0.640. The maximum atomic E-state index is 12.9. The summed E-state index contributed by atoms with van der Waals surface area (Å²) in [5.41, 5.74) is 4.86. The quantitative estimate of drug-likeness (QED) is 0.729. The topological polar surface area (TPSA) is 59.9 Å². The Morgan fingerprint density at radius 3 is 2.39 bits per heavy atom. The number of nitrogens with zero attached hydrogens (tertiary/aromatic N) is 6. The molecule has 2 aliphatic rings. The van der Waals surface area contributed by atoms with Crippen LogP contribution in [0.25, 0.3) is 0 Å². The fourth-order valence-electron chi connectivity index (χ4n) is 4.61. The number of carbonyl (C=O) groups is 1. The van der Waals surface area contributed by atoms with Crippen LogP contribution < -0.4 is 10.2 Å². The van der Waals surface area contributed by atoms with Crippen molar-refractivity contribution in [1.82, 2.24) is 24.5 Å². The van der Waals surface area contributed by atoms with Crippen molar-refractivity contribution >= 4 is 17.5 Å². The molecule has 2 aliphatic heterocycles. The number of piperazine rings is 2. The van der Waals surface area contributed by atoms with Crippen LogP contribution in [0.5, 0.6) is 0 Å². The van der Waals surface area contributed by atoms with Crippen molar-refractivity contribution in [3.8, 4) is 0 Å². The van der Waals surface area contributed by atoms with Gasteiger partial charge in [-0.15, -0.1) is 5.10 Å². The molecule has 1 aromatic carbocycles. The van der Waals surface area contributed by atoms with Gasteiger partial charge in [0.2, 0.25) is 0 Å². The van der Waals surface area contributed by atoms with Crippen LogP contribution in [0.3, 0.4) is 0 Å². The zero-order valence-corrected chi connectivity index (χ0v) is 20.3. The highest BCUT2D eigenvalue weighted by Crippen LogP contribution is 2.25. The fraction of sp³-hybridized carbons (Fsp3) is 0.520. The van der Waals surface area contributed by atoms with E-state index in [0.717, 1.165) is 58.1 Å². The number of amides is 1. The lowest BCUT2D eigenvalue weighted by atomic mass is 10.1. The summed E-state index contributed by atoms with van der Waals surface area (Å²) >= 11 is 0. The van der Waals surface area contributed by atoms with Gasteiger partial charge in [-0.2, -0.15) is 4.68 Å². The zero-order valence-electron chi connectivity index (χ0n) is 20.3. The third-order valence-electron chi connectivity index (χ3n) is 6.56. The van der Waals surface area contributed by atoms with E-state index in [2.05, 4.69) is 63.7 Å². The molecule has 0 unspecified atom stereocenters. The number of benzene rings is 1.